The van der Waals surface area contributed by atoms with Crippen molar-refractivity contribution < 1.29 is 5.11 Å². The van der Waals surface area contributed by atoms with Crippen molar-refractivity contribution in [2.24, 2.45) is 0 Å². The molecule has 0 bridgehead atoms. The summed E-state index contributed by atoms with van der Waals surface area (Å²) in [6, 6.07) is 0. The minimum Gasteiger partial charge on any atom is -0.395 e. The first-order valence-corrected chi connectivity index (χ1v) is 6.10. The van der Waals surface area contributed by atoms with Crippen LogP contribution < -0.4 is 5.32 Å². The highest BCUT2D eigenvalue weighted by Crippen LogP contribution is 2.06. The molecule has 0 saturated heterocycles. The summed E-state index contributed by atoms with van der Waals surface area (Å²) in [4.78, 5) is 10.4. The standard InChI is InChI=1S/C10H17BrN4O/c1-2-15(5-6-16)4-3-12-10-13-7-9(11)8-14-10/h7-8,16H,2-6H2,1H3,(H,12,13,14). The van der Waals surface area contributed by atoms with E-state index < -0.39 is 0 Å². The number of hydrogen-bond donors (Lipinski definition) is 2. The molecule has 0 aliphatic heterocycles. The zero-order chi connectivity index (χ0) is 11.8. The summed E-state index contributed by atoms with van der Waals surface area (Å²) in [5.74, 6) is 0.628. The molecule has 0 spiro atoms. The number of aliphatic hydroxyl groups is 1. The second-order valence-electron chi connectivity index (χ2n) is 3.31. The predicted octanol–water partition coefficient (Wildman–Crippen LogP) is 0.965. The van der Waals surface area contributed by atoms with E-state index in [0.717, 1.165) is 24.1 Å². The molecule has 16 heavy (non-hydrogen) atoms. The topological polar surface area (TPSA) is 61.3 Å². The van der Waals surface area contributed by atoms with E-state index in [1.165, 1.54) is 0 Å². The van der Waals surface area contributed by atoms with Gasteiger partial charge in [-0.15, -0.1) is 0 Å². The second-order valence-corrected chi connectivity index (χ2v) is 4.23. The second kappa shape index (κ2) is 7.54. The van der Waals surface area contributed by atoms with Crippen LogP contribution >= 0.6 is 15.9 Å². The van der Waals surface area contributed by atoms with Gasteiger partial charge in [0.15, 0.2) is 0 Å². The molecule has 1 heterocycles. The van der Waals surface area contributed by atoms with Gasteiger partial charge in [-0.1, -0.05) is 6.92 Å². The summed E-state index contributed by atoms with van der Waals surface area (Å²) < 4.78 is 0.869. The van der Waals surface area contributed by atoms with E-state index in [9.17, 15) is 0 Å². The number of anilines is 1. The maximum absolute atomic E-state index is 8.82. The van der Waals surface area contributed by atoms with Crippen molar-refractivity contribution in [2.75, 3.05) is 38.1 Å². The Morgan fingerprint density at radius 2 is 2.06 bits per heavy atom. The summed E-state index contributed by atoms with van der Waals surface area (Å²) in [5, 5.41) is 12.0. The van der Waals surface area contributed by atoms with Gasteiger partial charge in [-0.2, -0.15) is 0 Å². The van der Waals surface area contributed by atoms with Crippen LogP contribution in [0.15, 0.2) is 16.9 Å². The molecule has 0 amide bonds. The van der Waals surface area contributed by atoms with Crippen LogP contribution in [0.5, 0.6) is 0 Å². The van der Waals surface area contributed by atoms with Crippen LogP contribution in [0.1, 0.15) is 6.92 Å². The SMILES string of the molecule is CCN(CCO)CCNc1ncc(Br)cn1. The Bertz CT molecular complexity index is 293. The van der Waals surface area contributed by atoms with Gasteiger partial charge in [0.1, 0.15) is 0 Å². The van der Waals surface area contributed by atoms with Crippen LogP contribution in [0.3, 0.4) is 0 Å². The molecule has 0 aliphatic rings. The van der Waals surface area contributed by atoms with Gasteiger partial charge >= 0.3 is 0 Å². The van der Waals surface area contributed by atoms with Crippen LogP contribution in [0.4, 0.5) is 5.95 Å². The van der Waals surface area contributed by atoms with Crippen molar-refractivity contribution in [2.45, 2.75) is 6.92 Å². The van der Waals surface area contributed by atoms with Gasteiger partial charge in [-0.25, -0.2) is 9.97 Å². The number of rotatable bonds is 7. The number of nitrogens with one attached hydrogen (secondary N) is 1. The molecule has 0 aromatic carbocycles. The number of aromatic nitrogens is 2. The Morgan fingerprint density at radius 1 is 1.38 bits per heavy atom. The molecule has 6 heteroatoms. The van der Waals surface area contributed by atoms with E-state index in [1.807, 2.05) is 0 Å². The van der Waals surface area contributed by atoms with Crippen LogP contribution in [-0.4, -0.2) is 52.8 Å². The molecule has 0 atom stereocenters. The first-order chi connectivity index (χ1) is 7.76. The summed E-state index contributed by atoms with van der Waals surface area (Å²) in [7, 11) is 0. The lowest BCUT2D eigenvalue weighted by molar-refractivity contribution is 0.206. The Kier molecular flexibility index (Phi) is 6.29. The summed E-state index contributed by atoms with van der Waals surface area (Å²) >= 11 is 3.28. The van der Waals surface area contributed by atoms with Gasteiger partial charge in [-0.05, 0) is 22.5 Å². The lowest BCUT2D eigenvalue weighted by Crippen LogP contribution is -2.31. The van der Waals surface area contributed by atoms with E-state index in [4.69, 9.17) is 5.11 Å². The van der Waals surface area contributed by atoms with Crippen molar-refractivity contribution in [3.63, 3.8) is 0 Å². The third-order valence-electron chi connectivity index (χ3n) is 2.19. The van der Waals surface area contributed by atoms with Crippen LogP contribution in [0.2, 0.25) is 0 Å². The number of aliphatic hydroxyl groups excluding tert-OH is 1. The fraction of sp³-hybridized carbons (Fsp3) is 0.600. The lowest BCUT2D eigenvalue weighted by Gasteiger charge is -2.18. The molecule has 1 aromatic rings. The van der Waals surface area contributed by atoms with Crippen molar-refractivity contribution in [1.82, 2.24) is 14.9 Å². The van der Waals surface area contributed by atoms with Gasteiger partial charge in [0.05, 0.1) is 11.1 Å². The molecule has 1 aromatic heterocycles. The Morgan fingerprint density at radius 3 is 2.62 bits per heavy atom. The monoisotopic (exact) mass is 288 g/mol. The van der Waals surface area contributed by atoms with E-state index in [0.29, 0.717) is 12.5 Å². The molecule has 0 unspecified atom stereocenters. The van der Waals surface area contributed by atoms with Gasteiger partial charge in [-0.3, -0.25) is 4.90 Å². The van der Waals surface area contributed by atoms with Gasteiger partial charge in [0.2, 0.25) is 5.95 Å². The third kappa shape index (κ3) is 4.87. The molecule has 0 aliphatic carbocycles. The molecular weight excluding hydrogens is 272 g/mol. The summed E-state index contributed by atoms with van der Waals surface area (Å²) in [6.07, 6.45) is 3.42. The highest BCUT2D eigenvalue weighted by atomic mass is 79.9. The molecular formula is C10H17BrN4O. The van der Waals surface area contributed by atoms with Crippen LogP contribution in [0.25, 0.3) is 0 Å². The first kappa shape index (κ1) is 13.3. The maximum atomic E-state index is 8.82. The van der Waals surface area contributed by atoms with E-state index >= 15 is 0 Å². The minimum absolute atomic E-state index is 0.197. The molecule has 0 saturated carbocycles. The molecule has 90 valence electrons. The van der Waals surface area contributed by atoms with Crippen molar-refractivity contribution in [3.8, 4) is 0 Å². The van der Waals surface area contributed by atoms with E-state index in [2.05, 4.69) is 43.0 Å². The normalized spacial score (nSPS) is 10.8. The van der Waals surface area contributed by atoms with Crippen LogP contribution in [-0.2, 0) is 0 Å². The molecule has 5 nitrogen and oxygen atoms in total. The summed E-state index contributed by atoms with van der Waals surface area (Å²) in [5.41, 5.74) is 0. The third-order valence-corrected chi connectivity index (χ3v) is 2.60. The minimum atomic E-state index is 0.197. The van der Waals surface area contributed by atoms with Gasteiger partial charge in [0, 0.05) is 32.0 Å². The van der Waals surface area contributed by atoms with Gasteiger partial charge in [0.25, 0.3) is 0 Å². The van der Waals surface area contributed by atoms with Crippen molar-refractivity contribution in [3.05, 3.63) is 16.9 Å². The number of hydrogen-bond acceptors (Lipinski definition) is 5. The average molecular weight is 289 g/mol. The summed E-state index contributed by atoms with van der Waals surface area (Å²) in [6.45, 7) is 5.56. The number of likely N-dealkylation sites (N-methyl/N-ethyl adjacent to an activating group) is 1. The molecule has 0 fully saturated rings. The first-order valence-electron chi connectivity index (χ1n) is 5.31. The highest BCUT2D eigenvalue weighted by molar-refractivity contribution is 9.10. The fourth-order valence-electron chi connectivity index (χ4n) is 1.30. The fourth-order valence-corrected chi connectivity index (χ4v) is 1.50. The Hall–Kier alpha value is -0.720. The van der Waals surface area contributed by atoms with E-state index in [1.54, 1.807) is 12.4 Å². The largest absolute Gasteiger partial charge is 0.395 e. The Labute approximate surface area is 104 Å². The predicted molar refractivity (Wildman–Crippen MR) is 67.4 cm³/mol. The van der Waals surface area contributed by atoms with E-state index in [-0.39, 0.29) is 6.61 Å². The molecule has 1 rings (SSSR count). The quantitative estimate of drug-likeness (QED) is 0.783. The number of halogens is 1. The average Bonchev–Trinajstić information content (AvgIpc) is 2.30. The van der Waals surface area contributed by atoms with Crippen molar-refractivity contribution >= 4 is 21.9 Å². The molecule has 0 radical (unpaired) electrons. The Balaban J connectivity index is 2.26. The molecule has 2 N–H and O–H groups in total. The number of nitrogens with zero attached hydrogens (tertiary/aromatic N) is 3. The maximum Gasteiger partial charge on any atom is 0.222 e. The highest BCUT2D eigenvalue weighted by Gasteiger charge is 2.01. The zero-order valence-corrected chi connectivity index (χ0v) is 10.9. The van der Waals surface area contributed by atoms with Crippen molar-refractivity contribution in [1.29, 1.82) is 0 Å². The zero-order valence-electron chi connectivity index (χ0n) is 9.36. The smallest absolute Gasteiger partial charge is 0.222 e. The lowest BCUT2D eigenvalue weighted by atomic mass is 10.4. The van der Waals surface area contributed by atoms with Crippen LogP contribution in [0, 0.1) is 0 Å². The van der Waals surface area contributed by atoms with Gasteiger partial charge < -0.3 is 10.4 Å².